The van der Waals surface area contributed by atoms with Gasteiger partial charge in [0, 0.05) is 18.3 Å². The fourth-order valence-corrected chi connectivity index (χ4v) is 1.98. The van der Waals surface area contributed by atoms with Gasteiger partial charge in [-0.2, -0.15) is 5.26 Å². The van der Waals surface area contributed by atoms with Gasteiger partial charge in [0.15, 0.2) is 0 Å². The number of amides is 1. The Morgan fingerprint density at radius 2 is 2.21 bits per heavy atom. The number of hydrogen-bond acceptors (Lipinski definition) is 2. The van der Waals surface area contributed by atoms with Crippen LogP contribution in [0.5, 0.6) is 0 Å². The Bertz CT molecular complexity index is 642. The van der Waals surface area contributed by atoms with Crippen LogP contribution in [-0.2, 0) is 7.05 Å². The molecule has 2 rings (SSSR count). The molecular formula is C14H12ClN3O. The third-order valence-corrected chi connectivity index (χ3v) is 3.00. The van der Waals surface area contributed by atoms with Crippen LogP contribution in [0.4, 0.5) is 0 Å². The molecule has 1 heterocycles. The van der Waals surface area contributed by atoms with Crippen LogP contribution in [0.25, 0.3) is 0 Å². The summed E-state index contributed by atoms with van der Waals surface area (Å²) in [7, 11) is 1.77. The van der Waals surface area contributed by atoms with Gasteiger partial charge in [-0.25, -0.2) is 0 Å². The number of aryl methyl sites for hydroxylation is 1. The van der Waals surface area contributed by atoms with E-state index in [9.17, 15) is 10.1 Å². The van der Waals surface area contributed by atoms with Crippen LogP contribution in [-0.4, -0.2) is 10.5 Å². The van der Waals surface area contributed by atoms with E-state index >= 15 is 0 Å². The van der Waals surface area contributed by atoms with Gasteiger partial charge in [-0.05, 0) is 29.8 Å². The molecule has 0 aliphatic carbocycles. The Labute approximate surface area is 116 Å². The maximum absolute atomic E-state index is 12.0. The lowest BCUT2D eigenvalue weighted by molar-refractivity contribution is 0.0937. The van der Waals surface area contributed by atoms with E-state index in [-0.39, 0.29) is 5.91 Å². The SMILES string of the molecule is Cn1cccc1C(=O)N[C@H](C#N)c1cccc(Cl)c1. The van der Waals surface area contributed by atoms with Crippen LogP contribution in [0.3, 0.4) is 0 Å². The van der Waals surface area contributed by atoms with E-state index in [1.165, 1.54) is 0 Å². The van der Waals surface area contributed by atoms with Crippen molar-refractivity contribution >= 4 is 17.5 Å². The Kier molecular flexibility index (Phi) is 3.88. The first-order chi connectivity index (χ1) is 9.11. The number of nitrogens with one attached hydrogen (secondary N) is 1. The standard InChI is InChI=1S/C14H12ClN3O/c1-18-7-3-6-13(18)14(19)17-12(9-16)10-4-2-5-11(15)8-10/h2-8,12H,1H3,(H,17,19)/t12-/m1/s1. The smallest absolute Gasteiger partial charge is 0.269 e. The van der Waals surface area contributed by atoms with E-state index in [0.29, 0.717) is 16.3 Å². The molecule has 1 N–H and O–H groups in total. The lowest BCUT2D eigenvalue weighted by Crippen LogP contribution is -2.29. The number of halogens is 1. The van der Waals surface area contributed by atoms with Crippen molar-refractivity contribution < 1.29 is 4.79 Å². The molecule has 5 heteroatoms. The van der Waals surface area contributed by atoms with Gasteiger partial charge in [0.25, 0.3) is 5.91 Å². The Balaban J connectivity index is 2.19. The molecule has 0 aliphatic heterocycles. The lowest BCUT2D eigenvalue weighted by atomic mass is 10.1. The minimum absolute atomic E-state index is 0.293. The van der Waals surface area contributed by atoms with Crippen molar-refractivity contribution in [2.24, 2.45) is 7.05 Å². The number of rotatable bonds is 3. The summed E-state index contributed by atoms with van der Waals surface area (Å²) < 4.78 is 1.70. The van der Waals surface area contributed by atoms with Gasteiger partial charge in [-0.3, -0.25) is 4.79 Å². The Hall–Kier alpha value is -2.25. The van der Waals surface area contributed by atoms with Crippen molar-refractivity contribution in [2.75, 3.05) is 0 Å². The molecule has 0 saturated heterocycles. The van der Waals surface area contributed by atoms with Gasteiger partial charge >= 0.3 is 0 Å². The number of carbonyl (C=O) groups excluding carboxylic acids is 1. The van der Waals surface area contributed by atoms with Crippen LogP contribution in [0.15, 0.2) is 42.6 Å². The number of benzene rings is 1. The lowest BCUT2D eigenvalue weighted by Gasteiger charge is -2.12. The van der Waals surface area contributed by atoms with Crippen molar-refractivity contribution in [3.63, 3.8) is 0 Å². The molecular weight excluding hydrogens is 262 g/mol. The molecule has 0 fully saturated rings. The highest BCUT2D eigenvalue weighted by atomic mass is 35.5. The Morgan fingerprint density at radius 3 is 2.79 bits per heavy atom. The summed E-state index contributed by atoms with van der Waals surface area (Å²) in [5.41, 5.74) is 1.17. The Morgan fingerprint density at radius 1 is 1.42 bits per heavy atom. The predicted octanol–water partition coefficient (Wildman–Crippen LogP) is 2.67. The van der Waals surface area contributed by atoms with E-state index in [2.05, 4.69) is 11.4 Å². The number of carbonyl (C=O) groups is 1. The summed E-state index contributed by atoms with van der Waals surface area (Å²) in [6.07, 6.45) is 1.77. The quantitative estimate of drug-likeness (QED) is 0.935. The molecule has 0 unspecified atom stereocenters. The van der Waals surface area contributed by atoms with Gasteiger partial charge in [0.05, 0.1) is 6.07 Å². The van der Waals surface area contributed by atoms with E-state index in [1.54, 1.807) is 54.2 Å². The fourth-order valence-electron chi connectivity index (χ4n) is 1.78. The van der Waals surface area contributed by atoms with Gasteiger partial charge in [-0.15, -0.1) is 0 Å². The molecule has 1 amide bonds. The number of aromatic nitrogens is 1. The molecule has 0 spiro atoms. The maximum atomic E-state index is 12.0. The fraction of sp³-hybridized carbons (Fsp3) is 0.143. The van der Waals surface area contributed by atoms with Crippen LogP contribution < -0.4 is 5.32 Å². The molecule has 4 nitrogen and oxygen atoms in total. The van der Waals surface area contributed by atoms with E-state index in [0.717, 1.165) is 0 Å². The van der Waals surface area contributed by atoms with Crippen LogP contribution in [0.2, 0.25) is 5.02 Å². The third kappa shape index (κ3) is 2.95. The number of nitriles is 1. The van der Waals surface area contributed by atoms with Crippen molar-refractivity contribution in [3.8, 4) is 6.07 Å². The van der Waals surface area contributed by atoms with Crippen LogP contribution in [0, 0.1) is 11.3 Å². The average Bonchev–Trinajstić information content (AvgIpc) is 2.82. The van der Waals surface area contributed by atoms with E-state index in [1.807, 2.05) is 0 Å². The van der Waals surface area contributed by atoms with Crippen LogP contribution >= 0.6 is 11.6 Å². The molecule has 2 aromatic rings. The second kappa shape index (κ2) is 5.59. The monoisotopic (exact) mass is 273 g/mol. The average molecular weight is 274 g/mol. The zero-order chi connectivity index (χ0) is 13.8. The van der Waals surface area contributed by atoms with Gasteiger partial charge < -0.3 is 9.88 Å². The van der Waals surface area contributed by atoms with Crippen molar-refractivity contribution in [1.82, 2.24) is 9.88 Å². The van der Waals surface area contributed by atoms with Crippen molar-refractivity contribution in [2.45, 2.75) is 6.04 Å². The number of nitrogens with zero attached hydrogens (tertiary/aromatic N) is 2. The normalized spacial score (nSPS) is 11.6. The summed E-state index contributed by atoms with van der Waals surface area (Å²) in [5, 5.41) is 12.4. The van der Waals surface area contributed by atoms with E-state index in [4.69, 9.17) is 11.6 Å². The molecule has 0 radical (unpaired) electrons. The second-order valence-electron chi connectivity index (χ2n) is 4.09. The van der Waals surface area contributed by atoms with E-state index < -0.39 is 6.04 Å². The molecule has 96 valence electrons. The first-order valence-electron chi connectivity index (χ1n) is 5.69. The zero-order valence-electron chi connectivity index (χ0n) is 10.3. The highest BCUT2D eigenvalue weighted by Crippen LogP contribution is 2.17. The molecule has 1 aromatic carbocycles. The largest absolute Gasteiger partial charge is 0.347 e. The number of hydrogen-bond donors (Lipinski definition) is 1. The predicted molar refractivity (Wildman–Crippen MR) is 72.7 cm³/mol. The molecule has 0 saturated carbocycles. The zero-order valence-corrected chi connectivity index (χ0v) is 11.1. The van der Waals surface area contributed by atoms with Gasteiger partial charge in [0.2, 0.25) is 0 Å². The summed E-state index contributed by atoms with van der Waals surface area (Å²) in [6, 6.07) is 11.7. The minimum atomic E-state index is -0.721. The molecule has 1 aromatic heterocycles. The summed E-state index contributed by atoms with van der Waals surface area (Å²) in [4.78, 5) is 12.0. The molecule has 19 heavy (non-hydrogen) atoms. The van der Waals surface area contributed by atoms with Gasteiger partial charge in [-0.1, -0.05) is 23.7 Å². The summed E-state index contributed by atoms with van der Waals surface area (Å²) in [5.74, 6) is -0.293. The highest BCUT2D eigenvalue weighted by molar-refractivity contribution is 6.30. The first kappa shape index (κ1) is 13.2. The second-order valence-corrected chi connectivity index (χ2v) is 4.53. The molecule has 0 bridgehead atoms. The van der Waals surface area contributed by atoms with Gasteiger partial charge in [0.1, 0.15) is 11.7 Å². The molecule has 1 atom stereocenters. The maximum Gasteiger partial charge on any atom is 0.269 e. The van der Waals surface area contributed by atoms with Crippen molar-refractivity contribution in [3.05, 3.63) is 58.9 Å². The first-order valence-corrected chi connectivity index (χ1v) is 6.07. The van der Waals surface area contributed by atoms with Crippen molar-refractivity contribution in [1.29, 1.82) is 5.26 Å². The third-order valence-electron chi connectivity index (χ3n) is 2.76. The minimum Gasteiger partial charge on any atom is -0.347 e. The van der Waals surface area contributed by atoms with Crippen LogP contribution in [0.1, 0.15) is 22.1 Å². The molecule has 0 aliphatic rings. The summed E-state index contributed by atoms with van der Waals surface area (Å²) >= 11 is 5.88. The highest BCUT2D eigenvalue weighted by Gasteiger charge is 2.16. The topological polar surface area (TPSA) is 57.8 Å². The summed E-state index contributed by atoms with van der Waals surface area (Å²) in [6.45, 7) is 0.